The van der Waals surface area contributed by atoms with E-state index >= 15 is 0 Å². The summed E-state index contributed by atoms with van der Waals surface area (Å²) in [5.41, 5.74) is 6.62. The average Bonchev–Trinajstić information content (AvgIpc) is 3.28. The molecule has 6 nitrogen and oxygen atoms in total. The lowest BCUT2D eigenvalue weighted by atomic mass is 10.1. The van der Waals surface area contributed by atoms with Gasteiger partial charge < -0.3 is 20.1 Å². The number of anilines is 1. The number of hydrogen-bond donors (Lipinski definition) is 1. The fourth-order valence-corrected chi connectivity index (χ4v) is 2.14. The topological polar surface area (TPSA) is 81.9 Å². The Balaban J connectivity index is 2.20. The maximum atomic E-state index is 12.7. The third-order valence-electron chi connectivity index (χ3n) is 3.31. The molecule has 1 aliphatic rings. The number of nitrogens with zero attached hydrogens (tertiary/aromatic N) is 1. The number of ether oxygens (including phenoxy) is 2. The summed E-state index contributed by atoms with van der Waals surface area (Å²) in [4.78, 5) is 25.9. The fraction of sp³-hybridized carbons (Fsp3) is 0.467. The summed E-state index contributed by atoms with van der Waals surface area (Å²) in [5, 5.41) is 0. The molecule has 1 saturated carbocycles. The molecule has 0 saturated heterocycles. The lowest BCUT2D eigenvalue weighted by Gasteiger charge is -2.22. The fourth-order valence-electron chi connectivity index (χ4n) is 2.14. The monoisotopic (exact) mass is 292 g/mol. The van der Waals surface area contributed by atoms with Crippen LogP contribution in [0.2, 0.25) is 0 Å². The first-order valence-electron chi connectivity index (χ1n) is 6.97. The van der Waals surface area contributed by atoms with E-state index < -0.39 is 5.97 Å². The summed E-state index contributed by atoms with van der Waals surface area (Å²) in [5.74, 6) is -0.218. The number of rotatable bonds is 6. The molecule has 2 N–H and O–H groups in total. The molecule has 1 aromatic carbocycles. The van der Waals surface area contributed by atoms with Gasteiger partial charge in [-0.1, -0.05) is 0 Å². The van der Waals surface area contributed by atoms with Crippen molar-refractivity contribution in [3.63, 3.8) is 0 Å². The van der Waals surface area contributed by atoms with Gasteiger partial charge in [-0.3, -0.25) is 9.59 Å². The third kappa shape index (κ3) is 3.65. The highest BCUT2D eigenvalue weighted by molar-refractivity contribution is 5.99. The minimum atomic E-state index is -0.396. The molecule has 0 radical (unpaired) electrons. The number of methoxy groups -OCH3 is 1. The molecule has 1 amide bonds. The van der Waals surface area contributed by atoms with Gasteiger partial charge in [0.1, 0.15) is 12.3 Å². The van der Waals surface area contributed by atoms with E-state index in [1.165, 1.54) is 7.11 Å². The van der Waals surface area contributed by atoms with Gasteiger partial charge in [-0.25, -0.2) is 0 Å². The first-order chi connectivity index (χ1) is 10.1. The maximum Gasteiger partial charge on any atom is 0.325 e. The van der Waals surface area contributed by atoms with Crippen molar-refractivity contribution in [1.29, 1.82) is 0 Å². The van der Waals surface area contributed by atoms with E-state index in [9.17, 15) is 9.59 Å². The van der Waals surface area contributed by atoms with Gasteiger partial charge in [-0.2, -0.15) is 0 Å². The van der Waals surface area contributed by atoms with E-state index in [0.717, 1.165) is 12.8 Å². The number of nitrogen functional groups attached to an aromatic ring is 1. The van der Waals surface area contributed by atoms with Gasteiger partial charge in [0.2, 0.25) is 0 Å². The molecule has 2 rings (SSSR count). The van der Waals surface area contributed by atoms with E-state index in [-0.39, 0.29) is 18.5 Å². The molecule has 0 aromatic heterocycles. The van der Waals surface area contributed by atoms with Gasteiger partial charge >= 0.3 is 5.97 Å². The molecule has 1 fully saturated rings. The van der Waals surface area contributed by atoms with Crippen LogP contribution in [0.5, 0.6) is 5.75 Å². The van der Waals surface area contributed by atoms with Crippen molar-refractivity contribution in [1.82, 2.24) is 4.90 Å². The van der Waals surface area contributed by atoms with Crippen molar-refractivity contribution in [3.05, 3.63) is 23.8 Å². The molecule has 0 unspecified atom stereocenters. The van der Waals surface area contributed by atoms with E-state index in [1.54, 1.807) is 30.0 Å². The first kappa shape index (κ1) is 15.2. The lowest BCUT2D eigenvalue weighted by Crippen LogP contribution is -2.38. The summed E-state index contributed by atoms with van der Waals surface area (Å²) >= 11 is 0. The molecular weight excluding hydrogens is 272 g/mol. The van der Waals surface area contributed by atoms with Crippen molar-refractivity contribution in [2.75, 3.05) is 26.0 Å². The number of amides is 1. The van der Waals surface area contributed by atoms with Crippen LogP contribution in [0.3, 0.4) is 0 Å². The molecule has 0 atom stereocenters. The smallest absolute Gasteiger partial charge is 0.325 e. The molecule has 21 heavy (non-hydrogen) atoms. The lowest BCUT2D eigenvalue weighted by molar-refractivity contribution is -0.144. The Labute approximate surface area is 123 Å². The second kappa shape index (κ2) is 6.47. The van der Waals surface area contributed by atoms with Crippen molar-refractivity contribution in [3.8, 4) is 5.75 Å². The summed E-state index contributed by atoms with van der Waals surface area (Å²) in [7, 11) is 1.48. The predicted molar refractivity (Wildman–Crippen MR) is 78.1 cm³/mol. The predicted octanol–water partition coefficient (Wildman–Crippen LogP) is 1.45. The van der Waals surface area contributed by atoms with Crippen LogP contribution in [0.1, 0.15) is 30.1 Å². The maximum absolute atomic E-state index is 12.7. The Morgan fingerprint density at radius 3 is 2.67 bits per heavy atom. The van der Waals surface area contributed by atoms with Crippen molar-refractivity contribution < 1.29 is 19.1 Å². The van der Waals surface area contributed by atoms with E-state index in [2.05, 4.69) is 0 Å². The van der Waals surface area contributed by atoms with Crippen LogP contribution in [-0.2, 0) is 9.53 Å². The third-order valence-corrected chi connectivity index (χ3v) is 3.31. The van der Waals surface area contributed by atoms with E-state index in [0.29, 0.717) is 23.6 Å². The Morgan fingerprint density at radius 1 is 1.38 bits per heavy atom. The highest BCUT2D eigenvalue weighted by atomic mass is 16.5. The summed E-state index contributed by atoms with van der Waals surface area (Å²) in [6.45, 7) is 2.01. The highest BCUT2D eigenvalue weighted by Gasteiger charge is 2.35. The van der Waals surface area contributed by atoms with Crippen molar-refractivity contribution >= 4 is 17.6 Å². The minimum absolute atomic E-state index is 0.0368. The number of hydrogen-bond acceptors (Lipinski definition) is 5. The molecule has 114 valence electrons. The largest absolute Gasteiger partial charge is 0.496 e. The van der Waals surface area contributed by atoms with Crippen molar-refractivity contribution in [2.24, 2.45) is 0 Å². The van der Waals surface area contributed by atoms with Gasteiger partial charge in [0.05, 0.1) is 19.3 Å². The molecule has 0 aliphatic heterocycles. The van der Waals surface area contributed by atoms with Crippen LogP contribution >= 0.6 is 0 Å². The molecule has 1 aliphatic carbocycles. The average molecular weight is 292 g/mol. The number of carbonyl (C=O) groups is 2. The van der Waals surface area contributed by atoms with Gasteiger partial charge in [-0.05, 0) is 31.9 Å². The second-order valence-electron chi connectivity index (χ2n) is 4.93. The molecule has 0 spiro atoms. The zero-order valence-corrected chi connectivity index (χ0v) is 12.3. The second-order valence-corrected chi connectivity index (χ2v) is 4.93. The zero-order valence-electron chi connectivity index (χ0n) is 12.3. The molecule has 0 bridgehead atoms. The normalized spacial score (nSPS) is 13.6. The van der Waals surface area contributed by atoms with Crippen LogP contribution in [0.25, 0.3) is 0 Å². The van der Waals surface area contributed by atoms with Crippen LogP contribution in [0.15, 0.2) is 18.2 Å². The van der Waals surface area contributed by atoms with Crippen LogP contribution in [0.4, 0.5) is 5.69 Å². The quantitative estimate of drug-likeness (QED) is 0.634. The molecule has 1 aromatic rings. The number of carbonyl (C=O) groups excluding carboxylic acids is 2. The Bertz CT molecular complexity index is 540. The minimum Gasteiger partial charge on any atom is -0.496 e. The van der Waals surface area contributed by atoms with E-state index in [1.807, 2.05) is 0 Å². The van der Waals surface area contributed by atoms with Crippen LogP contribution < -0.4 is 10.5 Å². The highest BCUT2D eigenvalue weighted by Crippen LogP contribution is 2.31. The van der Waals surface area contributed by atoms with Crippen molar-refractivity contribution in [2.45, 2.75) is 25.8 Å². The number of benzene rings is 1. The summed E-state index contributed by atoms with van der Waals surface area (Å²) in [6.07, 6.45) is 1.81. The molecular formula is C15H20N2O4. The zero-order chi connectivity index (χ0) is 15.4. The van der Waals surface area contributed by atoms with Gasteiger partial charge in [-0.15, -0.1) is 0 Å². The number of nitrogens with two attached hydrogens (primary N) is 1. The first-order valence-corrected chi connectivity index (χ1v) is 6.97. The Kier molecular flexibility index (Phi) is 4.67. The standard InChI is InChI=1S/C15H20N2O4/c1-3-21-14(18)9-17(11-5-6-11)15(19)12-7-4-10(16)8-13(12)20-2/h4,7-8,11H,3,5-6,9,16H2,1-2H3. The molecule has 0 heterocycles. The number of esters is 1. The van der Waals surface area contributed by atoms with Gasteiger partial charge in [0.25, 0.3) is 5.91 Å². The van der Waals surface area contributed by atoms with Crippen LogP contribution in [-0.4, -0.2) is 43.1 Å². The SMILES string of the molecule is CCOC(=O)CN(C(=O)c1ccc(N)cc1OC)C1CC1. The van der Waals surface area contributed by atoms with Gasteiger partial charge in [0, 0.05) is 17.8 Å². The van der Waals surface area contributed by atoms with Gasteiger partial charge in [0.15, 0.2) is 0 Å². The van der Waals surface area contributed by atoms with E-state index in [4.69, 9.17) is 15.2 Å². The van der Waals surface area contributed by atoms with Crippen LogP contribution in [0, 0.1) is 0 Å². The summed E-state index contributed by atoms with van der Waals surface area (Å²) < 4.78 is 10.1. The molecule has 6 heteroatoms. The Hall–Kier alpha value is -2.24. The Morgan fingerprint density at radius 2 is 2.10 bits per heavy atom. The summed E-state index contributed by atoms with van der Waals surface area (Å²) in [6, 6.07) is 4.97.